The van der Waals surface area contributed by atoms with Crippen molar-refractivity contribution in [3.63, 3.8) is 0 Å². The Kier molecular flexibility index (Phi) is 18.5. The van der Waals surface area contributed by atoms with E-state index in [9.17, 15) is 8.42 Å². The van der Waals surface area contributed by atoms with Crippen molar-refractivity contribution in [3.05, 3.63) is 29.8 Å². The number of hydrogen-bond donors (Lipinski definition) is 1. The predicted molar refractivity (Wildman–Crippen MR) is 56.3 cm³/mol. The molecule has 0 aliphatic carbocycles. The molecule has 11 heteroatoms. The van der Waals surface area contributed by atoms with Gasteiger partial charge in [-0.1, -0.05) is 18.2 Å². The maximum Gasteiger partial charge on any atom is 1.00 e. The summed E-state index contributed by atoms with van der Waals surface area (Å²) in [5.74, 6) is 0.192. The van der Waals surface area contributed by atoms with E-state index in [1.54, 1.807) is 18.2 Å². The van der Waals surface area contributed by atoms with Crippen LogP contribution in [0.25, 0.3) is 0 Å². The number of carboxylic acid groups (broad SMARTS) is 2. The van der Waals surface area contributed by atoms with Gasteiger partial charge in [-0.25, -0.2) is 4.18 Å². The van der Waals surface area contributed by atoms with E-state index < -0.39 is 16.6 Å². The maximum atomic E-state index is 11.0. The van der Waals surface area contributed by atoms with Crippen molar-refractivity contribution in [1.82, 2.24) is 0 Å². The standard InChI is InChI=1S/C8H11NO4S.CH2O3.2K/c1-12-14(10,11)13-8-5-3-2-4-7(8)6-9;2-1(3)4;;/h2-5H,6,9H2,1H3;(H2,2,3,4);;/q;;2*+1/p-2. The first-order valence-electron chi connectivity index (χ1n) is 4.48. The summed E-state index contributed by atoms with van der Waals surface area (Å²) in [6.45, 7) is 0.204. The Labute approximate surface area is 202 Å². The number of carbonyl (C=O) groups is 1. The van der Waals surface area contributed by atoms with E-state index in [2.05, 4.69) is 8.37 Å². The first-order chi connectivity index (χ1) is 8.32. The number of para-hydroxylation sites is 1. The van der Waals surface area contributed by atoms with Crippen molar-refractivity contribution in [3.8, 4) is 5.75 Å². The SMILES string of the molecule is COS(=O)(=O)Oc1ccccc1CN.O=C([O-])[O-].[K+].[K+]. The molecule has 20 heavy (non-hydrogen) atoms. The summed E-state index contributed by atoms with van der Waals surface area (Å²) >= 11 is 0. The first kappa shape index (κ1) is 26.3. The second-order valence-electron chi connectivity index (χ2n) is 2.72. The van der Waals surface area contributed by atoms with Crippen molar-refractivity contribution in [2.24, 2.45) is 5.73 Å². The van der Waals surface area contributed by atoms with Gasteiger partial charge in [0.2, 0.25) is 0 Å². The van der Waals surface area contributed by atoms with Crippen molar-refractivity contribution < 1.29 is 135 Å². The van der Waals surface area contributed by atoms with Crippen LogP contribution in [0.3, 0.4) is 0 Å². The Morgan fingerprint density at radius 3 is 2.10 bits per heavy atom. The summed E-state index contributed by atoms with van der Waals surface area (Å²) in [5.41, 5.74) is 6.00. The van der Waals surface area contributed by atoms with Crippen LogP contribution in [-0.2, 0) is 21.1 Å². The molecule has 0 bridgehead atoms. The number of carbonyl (C=O) groups excluding carboxylic acids is 1. The summed E-state index contributed by atoms with van der Waals surface area (Å²) in [6.07, 6.45) is -2.33. The van der Waals surface area contributed by atoms with Crippen molar-refractivity contribution in [1.29, 1.82) is 0 Å². The van der Waals surface area contributed by atoms with Crippen LogP contribution in [0.15, 0.2) is 24.3 Å². The van der Waals surface area contributed by atoms with E-state index in [1.165, 1.54) is 6.07 Å². The van der Waals surface area contributed by atoms with Crippen LogP contribution in [0, 0.1) is 0 Å². The monoisotopic (exact) mass is 355 g/mol. The Hall–Kier alpha value is 1.43. The van der Waals surface area contributed by atoms with Crippen LogP contribution in [0.1, 0.15) is 5.56 Å². The Morgan fingerprint density at radius 1 is 1.25 bits per heavy atom. The number of benzene rings is 1. The zero-order valence-electron chi connectivity index (χ0n) is 11.4. The molecule has 102 valence electrons. The average molecular weight is 355 g/mol. The van der Waals surface area contributed by atoms with E-state index in [0.29, 0.717) is 5.56 Å². The van der Waals surface area contributed by atoms with Gasteiger partial charge in [0.25, 0.3) is 0 Å². The molecular weight excluding hydrogens is 344 g/mol. The minimum Gasteiger partial charge on any atom is -0.652 e. The Balaban J connectivity index is -0.000000429. The second kappa shape index (κ2) is 14.1. The van der Waals surface area contributed by atoms with Crippen LogP contribution in [0.4, 0.5) is 4.79 Å². The molecule has 0 aliphatic heterocycles. The van der Waals surface area contributed by atoms with Crippen LogP contribution >= 0.6 is 0 Å². The number of nitrogens with two attached hydrogens (primary N) is 1. The third kappa shape index (κ3) is 13.1. The Bertz CT molecular complexity index is 491. The molecule has 1 aromatic carbocycles. The van der Waals surface area contributed by atoms with E-state index in [-0.39, 0.29) is 115 Å². The van der Waals surface area contributed by atoms with E-state index in [0.717, 1.165) is 7.11 Å². The summed E-state index contributed by atoms with van der Waals surface area (Å²) in [7, 11) is -2.93. The largest absolute Gasteiger partial charge is 1.00 e. The van der Waals surface area contributed by atoms with Crippen LogP contribution in [0.2, 0.25) is 0 Å². The molecule has 0 radical (unpaired) electrons. The molecule has 0 spiro atoms. The van der Waals surface area contributed by atoms with Gasteiger partial charge in [0.15, 0.2) is 0 Å². The van der Waals surface area contributed by atoms with Crippen molar-refractivity contribution >= 4 is 16.6 Å². The van der Waals surface area contributed by atoms with Gasteiger partial charge in [0, 0.05) is 12.1 Å². The second-order valence-corrected chi connectivity index (χ2v) is 4.04. The van der Waals surface area contributed by atoms with Gasteiger partial charge in [-0.05, 0) is 12.2 Å². The van der Waals surface area contributed by atoms with Crippen LogP contribution in [0.5, 0.6) is 5.75 Å². The minimum atomic E-state index is -3.96. The van der Waals surface area contributed by atoms with Gasteiger partial charge in [-0.15, -0.1) is 0 Å². The molecular formula is C9H11K2NO7S. The maximum absolute atomic E-state index is 11.0. The zero-order valence-corrected chi connectivity index (χ0v) is 18.4. The third-order valence-electron chi connectivity index (χ3n) is 1.59. The number of hydrogen-bond acceptors (Lipinski definition) is 8. The van der Waals surface area contributed by atoms with Crippen LogP contribution < -0.4 is 123 Å². The third-order valence-corrected chi connectivity index (χ3v) is 2.38. The van der Waals surface area contributed by atoms with Gasteiger partial charge in [0.05, 0.1) is 7.11 Å². The van der Waals surface area contributed by atoms with Gasteiger partial charge in [-0.3, -0.25) is 0 Å². The molecule has 1 rings (SSSR count). The predicted octanol–water partition coefficient (Wildman–Crippen LogP) is -8.02. The molecule has 0 unspecified atom stereocenters. The molecule has 2 N–H and O–H groups in total. The molecule has 0 amide bonds. The summed E-state index contributed by atoms with van der Waals surface area (Å²) < 4.78 is 30.7. The van der Waals surface area contributed by atoms with E-state index in [4.69, 9.17) is 20.7 Å². The van der Waals surface area contributed by atoms with E-state index in [1.807, 2.05) is 0 Å². The normalized spacial score (nSPS) is 9.10. The molecule has 8 nitrogen and oxygen atoms in total. The molecule has 1 aromatic rings. The molecule has 0 heterocycles. The quantitative estimate of drug-likeness (QED) is 0.525. The summed E-state index contributed by atoms with van der Waals surface area (Å²) in [4.78, 5) is 8.33. The van der Waals surface area contributed by atoms with Crippen molar-refractivity contribution in [2.75, 3.05) is 7.11 Å². The molecule has 0 saturated carbocycles. The fourth-order valence-electron chi connectivity index (χ4n) is 0.898. The first-order valence-corrected chi connectivity index (χ1v) is 5.81. The van der Waals surface area contributed by atoms with Crippen molar-refractivity contribution in [2.45, 2.75) is 6.54 Å². The average Bonchev–Trinajstić information content (AvgIpc) is 2.28. The van der Waals surface area contributed by atoms with Gasteiger partial charge >= 0.3 is 113 Å². The molecule has 0 saturated heterocycles. The zero-order chi connectivity index (χ0) is 14.2. The van der Waals surface area contributed by atoms with Gasteiger partial charge < -0.3 is 24.9 Å². The molecule has 0 aromatic heterocycles. The smallest absolute Gasteiger partial charge is 0.652 e. The van der Waals surface area contributed by atoms with Crippen LogP contribution in [-0.4, -0.2) is 21.7 Å². The topological polar surface area (TPSA) is 142 Å². The molecule has 0 fully saturated rings. The fourth-order valence-corrected chi connectivity index (χ4v) is 1.35. The fraction of sp³-hybridized carbons (Fsp3) is 0.222. The van der Waals surface area contributed by atoms with Gasteiger partial charge in [0.1, 0.15) is 5.75 Å². The minimum absolute atomic E-state index is 0. The van der Waals surface area contributed by atoms with Gasteiger partial charge in [-0.2, -0.15) is 8.42 Å². The summed E-state index contributed by atoms with van der Waals surface area (Å²) in [6, 6.07) is 6.59. The summed E-state index contributed by atoms with van der Waals surface area (Å²) in [5, 5.41) is 16.7. The molecule has 0 atom stereocenters. The molecule has 0 aliphatic rings. The Morgan fingerprint density at radius 2 is 1.70 bits per heavy atom. The van der Waals surface area contributed by atoms with E-state index >= 15 is 0 Å². The number of rotatable bonds is 4.